The molecule has 208 valence electrons. The Balaban J connectivity index is 1.19. The van der Waals surface area contributed by atoms with Crippen LogP contribution in [-0.4, -0.2) is 63.2 Å². The number of nitrogens with zero attached hydrogens (tertiary/aromatic N) is 2. The number of aliphatic hydroxyl groups is 2. The molecular formula is C27H25F2N5O6. The van der Waals surface area contributed by atoms with Crippen molar-refractivity contribution >= 4 is 35.0 Å². The molecule has 2 atom stereocenters. The average Bonchev–Trinajstić information content (AvgIpc) is 3.67. The third-order valence-electron chi connectivity index (χ3n) is 6.66. The summed E-state index contributed by atoms with van der Waals surface area (Å²) in [7, 11) is 0. The number of nitrogens with one attached hydrogen (secondary N) is 3. The first-order valence-electron chi connectivity index (χ1n) is 12.4. The zero-order valence-corrected chi connectivity index (χ0v) is 20.9. The molecule has 2 unspecified atom stereocenters. The first-order chi connectivity index (χ1) is 19.1. The predicted octanol–water partition coefficient (Wildman–Crippen LogP) is 3.08. The van der Waals surface area contributed by atoms with Crippen molar-refractivity contribution in [2.45, 2.75) is 25.0 Å². The molecule has 1 aliphatic heterocycles. The van der Waals surface area contributed by atoms with Crippen LogP contribution in [0, 0.1) is 17.0 Å². The summed E-state index contributed by atoms with van der Waals surface area (Å²) in [6.07, 6.45) is -0.104. The maximum Gasteiger partial charge on any atom is 0.323 e. The van der Waals surface area contributed by atoms with Crippen LogP contribution in [0.25, 0.3) is 0 Å². The molecule has 1 saturated heterocycles. The molecule has 0 radical (unpaired) electrons. The number of β-amino-alcohol motifs (C(OH)–C–C–N with tert-alkyl or cyclic N) is 2. The highest BCUT2D eigenvalue weighted by molar-refractivity contribution is 6.16. The maximum atomic E-state index is 14.8. The third-order valence-corrected chi connectivity index (χ3v) is 6.66. The Morgan fingerprint density at radius 3 is 2.17 bits per heavy atom. The number of rotatable bonds is 7. The Labute approximate surface area is 226 Å². The SMILES string of the molecule is O=C(Nc1cc(Oc2ccc(NC(=O)C3(C(=O)Nc4ccc(F)cc4)CC3)c(F)c2)ccn1)N1CC(O)C(O)C1. The number of benzene rings is 2. The van der Waals surface area contributed by atoms with Crippen LogP contribution in [0.2, 0.25) is 0 Å². The number of pyridine rings is 1. The lowest BCUT2D eigenvalue weighted by Gasteiger charge is -2.17. The van der Waals surface area contributed by atoms with E-state index in [-0.39, 0.29) is 48.9 Å². The van der Waals surface area contributed by atoms with Crippen molar-refractivity contribution in [3.63, 3.8) is 0 Å². The molecule has 5 N–H and O–H groups in total. The fourth-order valence-corrected chi connectivity index (χ4v) is 4.17. The number of carbonyl (C=O) groups excluding carboxylic acids is 3. The van der Waals surface area contributed by atoms with Crippen LogP contribution in [0.3, 0.4) is 0 Å². The van der Waals surface area contributed by atoms with Crippen molar-refractivity contribution in [3.05, 3.63) is 72.4 Å². The molecule has 3 aromatic rings. The molecule has 1 aliphatic carbocycles. The van der Waals surface area contributed by atoms with Crippen LogP contribution in [0.4, 0.5) is 30.8 Å². The minimum Gasteiger partial charge on any atom is -0.457 e. The number of urea groups is 1. The molecule has 11 nitrogen and oxygen atoms in total. The molecule has 13 heteroatoms. The van der Waals surface area contributed by atoms with Gasteiger partial charge in [-0.3, -0.25) is 14.9 Å². The second-order valence-electron chi connectivity index (χ2n) is 9.59. The van der Waals surface area contributed by atoms with Gasteiger partial charge >= 0.3 is 6.03 Å². The fourth-order valence-electron chi connectivity index (χ4n) is 4.17. The number of aliphatic hydroxyl groups excluding tert-OH is 2. The highest BCUT2D eigenvalue weighted by atomic mass is 19.1. The van der Waals surface area contributed by atoms with Gasteiger partial charge < -0.3 is 30.5 Å². The van der Waals surface area contributed by atoms with Crippen LogP contribution in [0.5, 0.6) is 11.5 Å². The van der Waals surface area contributed by atoms with E-state index in [0.717, 1.165) is 6.07 Å². The van der Waals surface area contributed by atoms with Gasteiger partial charge in [0.2, 0.25) is 11.8 Å². The van der Waals surface area contributed by atoms with Gasteiger partial charge in [-0.05, 0) is 55.3 Å². The highest BCUT2D eigenvalue weighted by Crippen LogP contribution is 2.47. The maximum absolute atomic E-state index is 14.8. The van der Waals surface area contributed by atoms with Crippen molar-refractivity contribution in [1.82, 2.24) is 9.88 Å². The first-order valence-corrected chi connectivity index (χ1v) is 12.4. The molecular weight excluding hydrogens is 528 g/mol. The number of aromatic nitrogens is 1. The van der Waals surface area contributed by atoms with Crippen LogP contribution >= 0.6 is 0 Å². The van der Waals surface area contributed by atoms with E-state index < -0.39 is 47.1 Å². The van der Waals surface area contributed by atoms with Gasteiger partial charge in [0.15, 0.2) is 0 Å². The molecule has 4 amide bonds. The second kappa shape index (κ2) is 10.9. The Kier molecular flexibility index (Phi) is 7.32. The van der Waals surface area contributed by atoms with Crippen LogP contribution in [0.15, 0.2) is 60.8 Å². The summed E-state index contributed by atoms with van der Waals surface area (Å²) in [6, 6.07) is 11.2. The summed E-state index contributed by atoms with van der Waals surface area (Å²) >= 11 is 0. The third kappa shape index (κ3) is 5.84. The van der Waals surface area contributed by atoms with Gasteiger partial charge in [0.1, 0.15) is 34.4 Å². The molecule has 1 saturated carbocycles. The van der Waals surface area contributed by atoms with E-state index in [1.165, 1.54) is 59.6 Å². The second-order valence-corrected chi connectivity index (χ2v) is 9.59. The van der Waals surface area contributed by atoms with E-state index >= 15 is 0 Å². The lowest BCUT2D eigenvalue weighted by molar-refractivity contribution is -0.131. The van der Waals surface area contributed by atoms with Crippen molar-refractivity contribution < 1.29 is 38.1 Å². The fraction of sp³-hybridized carbons (Fsp3) is 0.259. The zero-order valence-electron chi connectivity index (χ0n) is 20.9. The number of carbonyl (C=O) groups is 3. The standard InChI is InChI=1S/C27H25F2N5O6/c28-15-1-3-16(4-2-15)31-24(37)27(8-9-27)25(38)32-20-6-5-17(11-19(20)29)40-18-7-10-30-23(12-18)33-26(39)34-13-21(35)22(36)14-34/h1-7,10-12,21-22,35-36H,8-9,13-14H2,(H,31,37)(H,32,38)(H,30,33,39). The van der Waals surface area contributed by atoms with Crippen molar-refractivity contribution in [3.8, 4) is 11.5 Å². The normalized spacial score (nSPS) is 19.1. The summed E-state index contributed by atoms with van der Waals surface area (Å²) in [5, 5.41) is 26.8. The molecule has 0 spiro atoms. The van der Waals surface area contributed by atoms with Crippen molar-refractivity contribution in [1.29, 1.82) is 0 Å². The Bertz CT molecular complexity index is 1440. The van der Waals surface area contributed by atoms with Crippen LogP contribution in [0.1, 0.15) is 12.8 Å². The van der Waals surface area contributed by atoms with Crippen LogP contribution in [-0.2, 0) is 9.59 Å². The molecule has 5 rings (SSSR count). The molecule has 2 fully saturated rings. The van der Waals surface area contributed by atoms with E-state index in [4.69, 9.17) is 4.74 Å². The predicted molar refractivity (Wildman–Crippen MR) is 139 cm³/mol. The molecule has 1 aromatic heterocycles. The van der Waals surface area contributed by atoms with E-state index in [2.05, 4.69) is 20.9 Å². The lowest BCUT2D eigenvalue weighted by atomic mass is 10.0. The van der Waals surface area contributed by atoms with E-state index in [1.807, 2.05) is 0 Å². The minimum atomic E-state index is -1.35. The van der Waals surface area contributed by atoms with Gasteiger partial charge in [-0.1, -0.05) is 0 Å². The number of ether oxygens (including phenoxy) is 1. The van der Waals surface area contributed by atoms with Gasteiger partial charge in [-0.2, -0.15) is 0 Å². The summed E-state index contributed by atoms with van der Waals surface area (Å²) in [4.78, 5) is 43.2. The molecule has 40 heavy (non-hydrogen) atoms. The monoisotopic (exact) mass is 553 g/mol. The van der Waals surface area contributed by atoms with Gasteiger partial charge in [-0.25, -0.2) is 18.6 Å². The summed E-state index contributed by atoms with van der Waals surface area (Å²) in [5.74, 6) is -2.01. The van der Waals surface area contributed by atoms with Gasteiger partial charge in [0, 0.05) is 24.0 Å². The summed E-state index contributed by atoms with van der Waals surface area (Å²) in [5.41, 5.74) is -1.15. The summed E-state index contributed by atoms with van der Waals surface area (Å²) < 4.78 is 33.6. The zero-order chi connectivity index (χ0) is 28.4. The lowest BCUT2D eigenvalue weighted by Crippen LogP contribution is -2.35. The molecule has 2 heterocycles. The number of hydrogen-bond acceptors (Lipinski definition) is 7. The quantitative estimate of drug-likeness (QED) is 0.282. The highest BCUT2D eigenvalue weighted by Gasteiger charge is 2.56. The average molecular weight is 554 g/mol. The van der Waals surface area contributed by atoms with Gasteiger partial charge in [0.25, 0.3) is 0 Å². The van der Waals surface area contributed by atoms with Gasteiger partial charge in [0.05, 0.1) is 31.0 Å². The Morgan fingerprint density at radius 2 is 1.52 bits per heavy atom. The number of amides is 4. The molecule has 0 bridgehead atoms. The summed E-state index contributed by atoms with van der Waals surface area (Å²) in [6.45, 7) is -0.0448. The van der Waals surface area contributed by atoms with E-state index in [1.54, 1.807) is 0 Å². The largest absolute Gasteiger partial charge is 0.457 e. The number of anilines is 3. The first kappa shape index (κ1) is 27.0. The van der Waals surface area contributed by atoms with Crippen LogP contribution < -0.4 is 20.7 Å². The van der Waals surface area contributed by atoms with E-state index in [9.17, 15) is 33.4 Å². The molecule has 2 aliphatic rings. The smallest absolute Gasteiger partial charge is 0.323 e. The number of hydrogen-bond donors (Lipinski definition) is 5. The van der Waals surface area contributed by atoms with E-state index in [0.29, 0.717) is 5.69 Å². The van der Waals surface area contributed by atoms with Crippen molar-refractivity contribution in [2.24, 2.45) is 5.41 Å². The van der Waals surface area contributed by atoms with Crippen molar-refractivity contribution in [2.75, 3.05) is 29.0 Å². The molecule has 2 aromatic carbocycles. The number of halogens is 2. The Morgan fingerprint density at radius 1 is 0.875 bits per heavy atom. The Hall–Kier alpha value is -4.62. The topological polar surface area (TPSA) is 153 Å². The number of likely N-dealkylation sites (tertiary alicyclic amines) is 1. The van der Waals surface area contributed by atoms with Gasteiger partial charge in [-0.15, -0.1) is 0 Å². The minimum absolute atomic E-state index is 0.0224.